The van der Waals surface area contributed by atoms with Gasteiger partial charge in [0.2, 0.25) is 0 Å². The number of carbonyl (C=O) groups excluding carboxylic acids is 1. The van der Waals surface area contributed by atoms with Crippen molar-refractivity contribution < 1.29 is 24.5 Å². The summed E-state index contributed by atoms with van der Waals surface area (Å²) >= 11 is 0. The van der Waals surface area contributed by atoms with Gasteiger partial charge in [0.25, 0.3) is 5.91 Å². The van der Waals surface area contributed by atoms with Gasteiger partial charge in [-0.2, -0.15) is 0 Å². The van der Waals surface area contributed by atoms with Crippen molar-refractivity contribution >= 4 is 22.6 Å². The summed E-state index contributed by atoms with van der Waals surface area (Å²) in [6, 6.07) is 14.5. The summed E-state index contributed by atoms with van der Waals surface area (Å²) in [6.45, 7) is -0.949. The number of aliphatic carboxylic acids is 1. The van der Waals surface area contributed by atoms with Gasteiger partial charge in [0, 0.05) is 17.1 Å². The average molecular weight is 352 g/mol. The molecule has 3 rings (SSSR count). The highest BCUT2D eigenvalue weighted by Crippen LogP contribution is 2.28. The zero-order valence-corrected chi connectivity index (χ0v) is 13.7. The van der Waals surface area contributed by atoms with Crippen LogP contribution >= 0.6 is 0 Å². The molecule has 0 radical (unpaired) electrons. The third-order valence-corrected chi connectivity index (χ3v) is 3.72. The number of aliphatic hydroxyl groups excluding tert-OH is 1. The van der Waals surface area contributed by atoms with E-state index in [2.05, 4.69) is 10.3 Å². The number of amides is 1. The van der Waals surface area contributed by atoms with Gasteiger partial charge in [-0.15, -0.1) is 0 Å². The van der Waals surface area contributed by atoms with Gasteiger partial charge >= 0.3 is 5.97 Å². The molecule has 1 amide bonds. The highest BCUT2D eigenvalue weighted by atomic mass is 16.5. The quantitative estimate of drug-likeness (QED) is 0.628. The van der Waals surface area contributed by atoms with Crippen LogP contribution in [-0.2, 0) is 11.4 Å². The number of pyridine rings is 1. The standard InChI is InChI=1S/C19H16N2O5/c22-11-16-15-8-14(26-13-4-2-1-3-5-13)7-6-12(15)9-20-18(16)19(25)21-10-17(23)24/h1-9,22H,10-11H2,(H,21,25)(H,23,24). The summed E-state index contributed by atoms with van der Waals surface area (Å²) in [5.74, 6) is -0.622. The Morgan fingerprint density at radius 2 is 1.85 bits per heavy atom. The third-order valence-electron chi connectivity index (χ3n) is 3.72. The second-order valence-corrected chi connectivity index (χ2v) is 5.48. The van der Waals surface area contributed by atoms with Gasteiger partial charge in [0.1, 0.15) is 23.7 Å². The number of carboxylic acid groups (broad SMARTS) is 1. The van der Waals surface area contributed by atoms with Crippen LogP contribution in [0.5, 0.6) is 11.5 Å². The van der Waals surface area contributed by atoms with Gasteiger partial charge in [0.05, 0.1) is 6.61 Å². The van der Waals surface area contributed by atoms with E-state index in [1.165, 1.54) is 6.20 Å². The molecule has 132 valence electrons. The van der Waals surface area contributed by atoms with Crippen LogP contribution in [0.1, 0.15) is 16.1 Å². The van der Waals surface area contributed by atoms with E-state index in [0.717, 1.165) is 5.39 Å². The second-order valence-electron chi connectivity index (χ2n) is 5.48. The van der Waals surface area contributed by atoms with E-state index in [1.54, 1.807) is 18.2 Å². The molecular weight excluding hydrogens is 336 g/mol. The monoisotopic (exact) mass is 352 g/mol. The summed E-state index contributed by atoms with van der Waals surface area (Å²) in [5, 5.41) is 22.0. The Kier molecular flexibility index (Phi) is 5.09. The zero-order chi connectivity index (χ0) is 18.5. The minimum absolute atomic E-state index is 0.0156. The number of aromatic nitrogens is 1. The molecule has 2 aromatic carbocycles. The Balaban J connectivity index is 1.98. The van der Waals surface area contributed by atoms with Crippen molar-refractivity contribution in [2.24, 2.45) is 0 Å². The van der Waals surface area contributed by atoms with Crippen LogP contribution in [-0.4, -0.2) is 33.6 Å². The average Bonchev–Trinajstić information content (AvgIpc) is 2.65. The van der Waals surface area contributed by atoms with Crippen LogP contribution in [0, 0.1) is 0 Å². The van der Waals surface area contributed by atoms with Gasteiger partial charge in [-0.1, -0.05) is 18.2 Å². The molecule has 1 heterocycles. The Morgan fingerprint density at radius 1 is 1.08 bits per heavy atom. The molecule has 0 atom stereocenters. The smallest absolute Gasteiger partial charge is 0.322 e. The Hall–Kier alpha value is -3.45. The number of benzene rings is 2. The molecule has 0 spiro atoms. The second kappa shape index (κ2) is 7.62. The first kappa shape index (κ1) is 17.4. The molecule has 26 heavy (non-hydrogen) atoms. The lowest BCUT2D eigenvalue weighted by molar-refractivity contribution is -0.135. The Labute approximate surface area is 148 Å². The fraction of sp³-hybridized carbons (Fsp3) is 0.105. The van der Waals surface area contributed by atoms with Gasteiger partial charge < -0.3 is 20.3 Å². The third kappa shape index (κ3) is 3.79. The van der Waals surface area contributed by atoms with E-state index in [0.29, 0.717) is 22.4 Å². The number of hydrogen-bond acceptors (Lipinski definition) is 5. The Bertz CT molecular complexity index is 957. The van der Waals surface area contributed by atoms with Crippen LogP contribution in [0.25, 0.3) is 10.8 Å². The van der Waals surface area contributed by atoms with Crippen LogP contribution in [0.2, 0.25) is 0 Å². The number of fused-ring (bicyclic) bond motifs is 1. The maximum absolute atomic E-state index is 12.2. The zero-order valence-electron chi connectivity index (χ0n) is 13.7. The van der Waals surface area contributed by atoms with Crippen molar-refractivity contribution in [2.75, 3.05) is 6.54 Å². The highest BCUT2D eigenvalue weighted by Gasteiger charge is 2.17. The lowest BCUT2D eigenvalue weighted by Crippen LogP contribution is -2.30. The Morgan fingerprint density at radius 3 is 2.54 bits per heavy atom. The van der Waals surface area contributed by atoms with Crippen molar-refractivity contribution in [3.63, 3.8) is 0 Å². The van der Waals surface area contributed by atoms with Gasteiger partial charge in [-0.05, 0) is 35.7 Å². The molecule has 7 heteroatoms. The lowest BCUT2D eigenvalue weighted by atomic mass is 10.0. The predicted molar refractivity (Wildman–Crippen MR) is 94.2 cm³/mol. The lowest BCUT2D eigenvalue weighted by Gasteiger charge is -2.12. The van der Waals surface area contributed by atoms with Gasteiger partial charge in [0.15, 0.2) is 0 Å². The van der Waals surface area contributed by atoms with Crippen molar-refractivity contribution in [1.29, 1.82) is 0 Å². The molecule has 0 aliphatic rings. The van der Waals surface area contributed by atoms with Gasteiger partial charge in [-0.3, -0.25) is 14.6 Å². The summed E-state index contributed by atoms with van der Waals surface area (Å²) in [7, 11) is 0. The van der Waals surface area contributed by atoms with Gasteiger partial charge in [-0.25, -0.2) is 0 Å². The molecule has 0 unspecified atom stereocenters. The molecule has 0 aliphatic heterocycles. The van der Waals surface area contributed by atoms with E-state index >= 15 is 0 Å². The number of hydrogen-bond donors (Lipinski definition) is 3. The summed E-state index contributed by atoms with van der Waals surface area (Å²) in [4.78, 5) is 26.9. The number of ether oxygens (including phenoxy) is 1. The first-order chi connectivity index (χ1) is 12.6. The molecule has 0 aliphatic carbocycles. The minimum atomic E-state index is -1.16. The number of para-hydroxylation sites is 1. The fourth-order valence-corrected chi connectivity index (χ4v) is 2.53. The number of rotatable bonds is 6. The van der Waals surface area contributed by atoms with Crippen LogP contribution in [0.4, 0.5) is 0 Å². The van der Waals surface area contributed by atoms with Crippen molar-refractivity contribution in [1.82, 2.24) is 10.3 Å². The predicted octanol–water partition coefficient (Wildman–Crippen LogP) is 2.33. The normalized spacial score (nSPS) is 10.5. The van der Waals surface area contributed by atoms with E-state index in [1.807, 2.05) is 30.3 Å². The van der Waals surface area contributed by atoms with Crippen LogP contribution in [0.3, 0.4) is 0 Å². The summed E-state index contributed by atoms with van der Waals surface area (Å²) < 4.78 is 5.78. The molecule has 3 N–H and O–H groups in total. The molecule has 0 saturated heterocycles. The molecule has 0 bridgehead atoms. The maximum Gasteiger partial charge on any atom is 0.322 e. The largest absolute Gasteiger partial charge is 0.480 e. The van der Waals surface area contributed by atoms with E-state index < -0.39 is 25.0 Å². The van der Waals surface area contributed by atoms with E-state index in [4.69, 9.17) is 9.84 Å². The number of aliphatic hydroxyl groups is 1. The maximum atomic E-state index is 12.2. The summed E-state index contributed by atoms with van der Waals surface area (Å²) in [6.07, 6.45) is 1.50. The number of carbonyl (C=O) groups is 2. The van der Waals surface area contributed by atoms with Crippen LogP contribution in [0.15, 0.2) is 54.7 Å². The first-order valence-electron chi connectivity index (χ1n) is 7.84. The molecule has 0 saturated carbocycles. The topological polar surface area (TPSA) is 109 Å². The van der Waals surface area contributed by atoms with Crippen molar-refractivity contribution in [3.8, 4) is 11.5 Å². The number of carboxylic acids is 1. The minimum Gasteiger partial charge on any atom is -0.480 e. The SMILES string of the molecule is O=C(O)CNC(=O)c1ncc2ccc(Oc3ccccc3)cc2c1CO. The number of nitrogens with zero attached hydrogens (tertiary/aromatic N) is 1. The van der Waals surface area contributed by atoms with Crippen molar-refractivity contribution in [2.45, 2.75) is 6.61 Å². The molecular formula is C19H16N2O5. The van der Waals surface area contributed by atoms with E-state index in [9.17, 15) is 14.7 Å². The molecule has 3 aromatic rings. The fourth-order valence-electron chi connectivity index (χ4n) is 2.53. The molecule has 7 nitrogen and oxygen atoms in total. The summed E-state index contributed by atoms with van der Waals surface area (Å²) in [5.41, 5.74) is 0.294. The van der Waals surface area contributed by atoms with E-state index in [-0.39, 0.29) is 5.69 Å². The highest BCUT2D eigenvalue weighted by molar-refractivity contribution is 6.00. The number of nitrogens with one attached hydrogen (secondary N) is 1. The van der Waals surface area contributed by atoms with Crippen LogP contribution < -0.4 is 10.1 Å². The molecule has 0 fully saturated rings. The molecule has 1 aromatic heterocycles. The first-order valence-corrected chi connectivity index (χ1v) is 7.84. The van der Waals surface area contributed by atoms with Crippen molar-refractivity contribution in [3.05, 3.63) is 66.0 Å².